The van der Waals surface area contributed by atoms with Crippen molar-refractivity contribution in [3.05, 3.63) is 88.9 Å². The lowest BCUT2D eigenvalue weighted by Crippen LogP contribution is -2.07. The third-order valence-electron chi connectivity index (χ3n) is 4.24. The second kappa shape index (κ2) is 10.4. The highest BCUT2D eigenvalue weighted by atomic mass is 79.9. The van der Waals surface area contributed by atoms with Crippen molar-refractivity contribution < 1.29 is 4.74 Å². The Morgan fingerprint density at radius 3 is 2.09 bits per heavy atom. The summed E-state index contributed by atoms with van der Waals surface area (Å²) in [5, 5.41) is 10.6. The summed E-state index contributed by atoms with van der Waals surface area (Å²) < 4.78 is 6.18. The largest absolute Gasteiger partial charge is 0.497 e. The molecule has 0 saturated heterocycles. The first-order valence-corrected chi connectivity index (χ1v) is 10.5. The monoisotopic (exact) mass is 489 g/mol. The van der Waals surface area contributed by atoms with Crippen LogP contribution in [0.25, 0.3) is 0 Å². The van der Waals surface area contributed by atoms with Gasteiger partial charge in [-0.1, -0.05) is 46.3 Å². The van der Waals surface area contributed by atoms with Gasteiger partial charge in [-0.3, -0.25) is 0 Å². The molecule has 160 valence electrons. The van der Waals surface area contributed by atoms with Crippen LogP contribution in [-0.2, 0) is 0 Å². The van der Waals surface area contributed by atoms with Crippen LogP contribution >= 0.6 is 15.9 Å². The van der Waals surface area contributed by atoms with Crippen LogP contribution in [0.5, 0.6) is 5.75 Å². The Bertz CT molecular complexity index is 1200. The number of halogens is 1. The Balaban J connectivity index is 1.57. The van der Waals surface area contributed by atoms with Crippen LogP contribution < -0.4 is 20.8 Å². The molecule has 8 nitrogen and oxygen atoms in total. The highest BCUT2D eigenvalue weighted by molar-refractivity contribution is 9.10. The molecule has 0 amide bonds. The molecule has 1 heterocycles. The van der Waals surface area contributed by atoms with Crippen LogP contribution in [0.4, 0.5) is 29.2 Å². The number of hydrogen-bond acceptors (Lipinski definition) is 8. The topological polar surface area (TPSA) is 96.4 Å². The van der Waals surface area contributed by atoms with Crippen molar-refractivity contribution >= 4 is 51.4 Å². The maximum atomic E-state index is 5.20. The number of para-hydroxylation sites is 1. The minimum absolute atomic E-state index is 0.292. The number of aromatic nitrogens is 3. The molecule has 4 aromatic rings. The number of rotatable bonds is 8. The molecule has 0 atom stereocenters. The summed E-state index contributed by atoms with van der Waals surface area (Å²) in [6.45, 7) is 0. The summed E-state index contributed by atoms with van der Waals surface area (Å²) in [5.41, 5.74) is 5.48. The normalized spacial score (nSPS) is 10.7. The molecule has 0 fully saturated rings. The second-order valence-electron chi connectivity index (χ2n) is 6.58. The van der Waals surface area contributed by atoms with E-state index in [1.54, 1.807) is 13.3 Å². The van der Waals surface area contributed by atoms with Gasteiger partial charge in [0.25, 0.3) is 0 Å². The number of nitrogens with zero attached hydrogens (tertiary/aromatic N) is 4. The molecular formula is C23H20BrN7O. The summed E-state index contributed by atoms with van der Waals surface area (Å²) in [6, 6.07) is 24.9. The number of benzene rings is 3. The van der Waals surface area contributed by atoms with E-state index < -0.39 is 0 Å². The van der Waals surface area contributed by atoms with Crippen LogP contribution in [0.3, 0.4) is 0 Å². The average molecular weight is 490 g/mol. The molecule has 0 bridgehead atoms. The minimum Gasteiger partial charge on any atom is -0.497 e. The summed E-state index contributed by atoms with van der Waals surface area (Å²) in [7, 11) is 1.63. The first-order valence-electron chi connectivity index (χ1n) is 9.72. The van der Waals surface area contributed by atoms with Crippen molar-refractivity contribution in [3.63, 3.8) is 0 Å². The van der Waals surface area contributed by atoms with Gasteiger partial charge in [0, 0.05) is 15.8 Å². The first kappa shape index (κ1) is 21.3. The summed E-state index contributed by atoms with van der Waals surface area (Å²) in [4.78, 5) is 13.3. The number of methoxy groups -OCH3 is 1. The number of anilines is 5. The van der Waals surface area contributed by atoms with Crippen LogP contribution in [0.1, 0.15) is 5.56 Å². The van der Waals surface area contributed by atoms with E-state index in [-0.39, 0.29) is 0 Å². The molecular weight excluding hydrogens is 470 g/mol. The Morgan fingerprint density at radius 1 is 0.781 bits per heavy atom. The predicted octanol–water partition coefficient (Wildman–Crippen LogP) is 5.58. The maximum absolute atomic E-state index is 5.20. The standard InChI is InChI=1S/C23H20BrN7O/c1-32-20-12-10-19(11-13-20)27-22-28-21(26-18-8-3-2-4-9-18)29-23(30-22)31-25-15-16-6-5-7-17(24)14-16/h2-15H,1H3,(H3,26,27,28,29,30,31). The Labute approximate surface area is 193 Å². The average Bonchev–Trinajstić information content (AvgIpc) is 2.80. The van der Waals surface area contributed by atoms with Gasteiger partial charge < -0.3 is 15.4 Å². The molecule has 0 spiro atoms. The van der Waals surface area contributed by atoms with E-state index in [1.807, 2.05) is 78.9 Å². The van der Waals surface area contributed by atoms with Gasteiger partial charge in [-0.2, -0.15) is 20.1 Å². The van der Waals surface area contributed by atoms with Gasteiger partial charge in [0.2, 0.25) is 17.8 Å². The minimum atomic E-state index is 0.292. The van der Waals surface area contributed by atoms with Crippen molar-refractivity contribution in [2.75, 3.05) is 23.2 Å². The van der Waals surface area contributed by atoms with Gasteiger partial charge in [-0.15, -0.1) is 0 Å². The second-order valence-corrected chi connectivity index (χ2v) is 7.49. The Morgan fingerprint density at radius 2 is 1.44 bits per heavy atom. The van der Waals surface area contributed by atoms with E-state index in [1.165, 1.54) is 0 Å². The Hall–Kier alpha value is -3.98. The van der Waals surface area contributed by atoms with Gasteiger partial charge in [0.15, 0.2) is 0 Å². The van der Waals surface area contributed by atoms with Gasteiger partial charge in [0.05, 0.1) is 13.3 Å². The molecule has 32 heavy (non-hydrogen) atoms. The van der Waals surface area contributed by atoms with Crippen LogP contribution in [-0.4, -0.2) is 28.3 Å². The fourth-order valence-electron chi connectivity index (χ4n) is 2.74. The van der Waals surface area contributed by atoms with Crippen molar-refractivity contribution in [2.24, 2.45) is 5.10 Å². The van der Waals surface area contributed by atoms with E-state index in [0.717, 1.165) is 27.2 Å². The van der Waals surface area contributed by atoms with Crippen molar-refractivity contribution in [1.82, 2.24) is 15.0 Å². The SMILES string of the molecule is COc1ccc(Nc2nc(NN=Cc3cccc(Br)c3)nc(Nc3ccccc3)n2)cc1. The number of ether oxygens (including phenoxy) is 1. The molecule has 0 aliphatic rings. The third kappa shape index (κ3) is 6.02. The highest BCUT2D eigenvalue weighted by Crippen LogP contribution is 2.20. The van der Waals surface area contributed by atoms with E-state index in [2.05, 4.69) is 52.0 Å². The lowest BCUT2D eigenvalue weighted by molar-refractivity contribution is 0.415. The van der Waals surface area contributed by atoms with Crippen molar-refractivity contribution in [3.8, 4) is 5.75 Å². The Kier molecular flexibility index (Phi) is 6.88. The van der Waals surface area contributed by atoms with Crippen LogP contribution in [0.15, 0.2) is 88.4 Å². The quantitative estimate of drug-likeness (QED) is 0.219. The molecule has 9 heteroatoms. The van der Waals surface area contributed by atoms with Gasteiger partial charge in [0.1, 0.15) is 5.75 Å². The van der Waals surface area contributed by atoms with Gasteiger partial charge >= 0.3 is 0 Å². The zero-order valence-electron chi connectivity index (χ0n) is 17.2. The lowest BCUT2D eigenvalue weighted by Gasteiger charge is -2.10. The molecule has 0 radical (unpaired) electrons. The zero-order valence-corrected chi connectivity index (χ0v) is 18.7. The molecule has 0 aliphatic carbocycles. The first-order chi connectivity index (χ1) is 15.7. The van der Waals surface area contributed by atoms with E-state index in [4.69, 9.17) is 4.74 Å². The van der Waals surface area contributed by atoms with Crippen molar-refractivity contribution in [1.29, 1.82) is 0 Å². The highest BCUT2D eigenvalue weighted by Gasteiger charge is 2.08. The molecule has 3 N–H and O–H groups in total. The smallest absolute Gasteiger partial charge is 0.250 e. The molecule has 3 aromatic carbocycles. The van der Waals surface area contributed by atoms with Crippen LogP contribution in [0.2, 0.25) is 0 Å². The molecule has 0 aliphatic heterocycles. The summed E-state index contributed by atoms with van der Waals surface area (Å²) in [5.74, 6) is 1.80. The van der Waals surface area contributed by atoms with E-state index in [0.29, 0.717) is 17.8 Å². The fraction of sp³-hybridized carbons (Fsp3) is 0.0435. The van der Waals surface area contributed by atoms with Gasteiger partial charge in [-0.05, 0) is 54.1 Å². The number of hydrogen-bond donors (Lipinski definition) is 3. The molecule has 0 saturated carbocycles. The lowest BCUT2D eigenvalue weighted by atomic mass is 10.2. The van der Waals surface area contributed by atoms with Crippen molar-refractivity contribution in [2.45, 2.75) is 0 Å². The molecule has 4 rings (SSSR count). The van der Waals surface area contributed by atoms with Gasteiger partial charge in [-0.25, -0.2) is 5.43 Å². The summed E-state index contributed by atoms with van der Waals surface area (Å²) in [6.07, 6.45) is 1.69. The predicted molar refractivity (Wildman–Crippen MR) is 131 cm³/mol. The molecule has 0 unspecified atom stereocenters. The van der Waals surface area contributed by atoms with E-state index in [9.17, 15) is 0 Å². The third-order valence-corrected chi connectivity index (χ3v) is 4.73. The number of hydrazone groups is 1. The molecule has 1 aromatic heterocycles. The maximum Gasteiger partial charge on any atom is 0.250 e. The van der Waals surface area contributed by atoms with E-state index >= 15 is 0 Å². The fourth-order valence-corrected chi connectivity index (χ4v) is 3.16. The summed E-state index contributed by atoms with van der Waals surface area (Å²) >= 11 is 3.45. The van der Waals surface area contributed by atoms with Crippen LogP contribution in [0, 0.1) is 0 Å². The zero-order chi connectivity index (χ0) is 22.2. The number of nitrogens with one attached hydrogen (secondary N) is 3.